The smallest absolute Gasteiger partial charge is 0.0610 e. The minimum Gasteiger partial charge on any atom is -0.394 e. The number of hydrogen-bond donors (Lipinski definition) is 2. The van der Waals surface area contributed by atoms with Gasteiger partial charge in [-0.3, -0.25) is 0 Å². The van der Waals surface area contributed by atoms with E-state index < -0.39 is 0 Å². The summed E-state index contributed by atoms with van der Waals surface area (Å²) in [5.74, 6) is 0. The first-order chi connectivity index (χ1) is 8.31. The Balaban J connectivity index is 4.07. The predicted molar refractivity (Wildman–Crippen MR) is 80.0 cm³/mol. The molecule has 0 saturated carbocycles. The van der Waals surface area contributed by atoms with Crippen molar-refractivity contribution in [1.82, 2.24) is 10.2 Å². The van der Waals surface area contributed by atoms with E-state index in [2.05, 4.69) is 51.9 Å². The Hall–Kier alpha value is -0.120. The fourth-order valence-corrected chi connectivity index (χ4v) is 1.93. The van der Waals surface area contributed by atoms with Crippen LogP contribution in [0.15, 0.2) is 0 Å². The van der Waals surface area contributed by atoms with Gasteiger partial charge >= 0.3 is 0 Å². The predicted octanol–water partition coefficient (Wildman–Crippen LogP) is 2.64. The molecule has 1 unspecified atom stereocenters. The molecule has 2 N–H and O–H groups in total. The van der Waals surface area contributed by atoms with Crippen molar-refractivity contribution in [1.29, 1.82) is 0 Å². The first-order valence-corrected chi connectivity index (χ1v) is 7.38. The third-order valence-electron chi connectivity index (χ3n) is 4.27. The number of rotatable bonds is 10. The Labute approximate surface area is 114 Å². The molecule has 0 aromatic carbocycles. The van der Waals surface area contributed by atoms with Crippen LogP contribution in [0.1, 0.15) is 60.3 Å². The van der Waals surface area contributed by atoms with Gasteiger partial charge in [-0.05, 0) is 66.6 Å². The van der Waals surface area contributed by atoms with Crippen LogP contribution in [-0.4, -0.2) is 47.8 Å². The summed E-state index contributed by atoms with van der Waals surface area (Å²) in [5, 5.41) is 13.0. The lowest BCUT2D eigenvalue weighted by Gasteiger charge is -2.36. The molecule has 0 spiro atoms. The molecule has 0 amide bonds. The van der Waals surface area contributed by atoms with Crippen molar-refractivity contribution in [3.63, 3.8) is 0 Å². The van der Waals surface area contributed by atoms with Crippen LogP contribution < -0.4 is 5.32 Å². The number of nitrogens with one attached hydrogen (secondary N) is 1. The highest BCUT2D eigenvalue weighted by atomic mass is 16.3. The summed E-state index contributed by atoms with van der Waals surface area (Å²) in [6, 6.07) is 0. The first kappa shape index (κ1) is 17.9. The van der Waals surface area contributed by atoms with Crippen molar-refractivity contribution in [3.05, 3.63) is 0 Å². The summed E-state index contributed by atoms with van der Waals surface area (Å²) in [5.41, 5.74) is 0.152. The van der Waals surface area contributed by atoms with Crippen molar-refractivity contribution in [2.75, 3.05) is 26.7 Å². The quantitative estimate of drug-likeness (QED) is 0.632. The van der Waals surface area contributed by atoms with Crippen molar-refractivity contribution < 1.29 is 5.11 Å². The average molecular weight is 258 g/mol. The Morgan fingerprint density at radius 2 is 1.78 bits per heavy atom. The van der Waals surface area contributed by atoms with E-state index in [1.54, 1.807) is 0 Å². The summed E-state index contributed by atoms with van der Waals surface area (Å²) >= 11 is 0. The third kappa shape index (κ3) is 6.17. The minimum absolute atomic E-state index is 0.118. The second kappa shape index (κ2) is 8.13. The van der Waals surface area contributed by atoms with Crippen LogP contribution in [0, 0.1) is 0 Å². The molecule has 3 nitrogen and oxygen atoms in total. The lowest BCUT2D eigenvalue weighted by Crippen LogP contribution is -2.47. The summed E-state index contributed by atoms with van der Waals surface area (Å²) in [4.78, 5) is 2.42. The number of aliphatic hydroxyl groups excluding tert-OH is 1. The Morgan fingerprint density at radius 3 is 2.22 bits per heavy atom. The van der Waals surface area contributed by atoms with E-state index in [4.69, 9.17) is 0 Å². The largest absolute Gasteiger partial charge is 0.394 e. The third-order valence-corrected chi connectivity index (χ3v) is 4.27. The standard InChI is InChI=1S/C15H34N2O/c1-7-11-16-15(5,13-18)10-9-12-17(6)14(3,4)8-2/h16,18H,7-13H2,1-6H3. The molecule has 0 aromatic heterocycles. The molecule has 0 bridgehead atoms. The highest BCUT2D eigenvalue weighted by Crippen LogP contribution is 2.18. The maximum Gasteiger partial charge on any atom is 0.0610 e. The van der Waals surface area contributed by atoms with Gasteiger partial charge < -0.3 is 15.3 Å². The van der Waals surface area contributed by atoms with Crippen LogP contribution in [0.25, 0.3) is 0 Å². The maximum absolute atomic E-state index is 9.51. The van der Waals surface area contributed by atoms with Gasteiger partial charge in [0.2, 0.25) is 0 Å². The summed E-state index contributed by atoms with van der Waals surface area (Å²) in [6.45, 7) is 13.4. The van der Waals surface area contributed by atoms with E-state index in [9.17, 15) is 5.11 Å². The van der Waals surface area contributed by atoms with Crippen molar-refractivity contribution >= 4 is 0 Å². The molecule has 0 rings (SSSR count). The highest BCUT2D eigenvalue weighted by molar-refractivity contribution is 4.83. The molecule has 3 heteroatoms. The zero-order chi connectivity index (χ0) is 14.2. The van der Waals surface area contributed by atoms with Gasteiger partial charge in [-0.1, -0.05) is 13.8 Å². The van der Waals surface area contributed by atoms with Crippen molar-refractivity contribution in [3.8, 4) is 0 Å². The van der Waals surface area contributed by atoms with Crippen LogP contribution >= 0.6 is 0 Å². The van der Waals surface area contributed by atoms with E-state index in [0.717, 1.165) is 38.8 Å². The minimum atomic E-state index is -0.118. The molecule has 0 radical (unpaired) electrons. The second-order valence-corrected chi connectivity index (χ2v) is 6.34. The summed E-state index contributed by atoms with van der Waals surface area (Å²) < 4.78 is 0. The van der Waals surface area contributed by atoms with Crippen LogP contribution in [0.2, 0.25) is 0 Å². The molecular formula is C15H34N2O. The van der Waals surface area contributed by atoms with Gasteiger partial charge in [0.1, 0.15) is 0 Å². The number of nitrogens with zero attached hydrogens (tertiary/aromatic N) is 1. The lowest BCUT2D eigenvalue weighted by atomic mass is 9.95. The maximum atomic E-state index is 9.51. The van der Waals surface area contributed by atoms with Gasteiger partial charge in [-0.25, -0.2) is 0 Å². The Morgan fingerprint density at radius 1 is 1.17 bits per heavy atom. The topological polar surface area (TPSA) is 35.5 Å². The monoisotopic (exact) mass is 258 g/mol. The number of aliphatic hydroxyl groups is 1. The molecule has 0 aliphatic rings. The van der Waals surface area contributed by atoms with Crippen LogP contribution in [-0.2, 0) is 0 Å². The molecule has 0 fully saturated rings. The van der Waals surface area contributed by atoms with E-state index in [1.165, 1.54) is 0 Å². The Bertz CT molecular complexity index is 219. The molecule has 0 aromatic rings. The van der Waals surface area contributed by atoms with Crippen molar-refractivity contribution in [2.45, 2.75) is 71.4 Å². The first-order valence-electron chi connectivity index (χ1n) is 7.38. The molecule has 0 saturated heterocycles. The fourth-order valence-electron chi connectivity index (χ4n) is 1.93. The van der Waals surface area contributed by atoms with Gasteiger partial charge in [0.25, 0.3) is 0 Å². The SMILES string of the molecule is CCCNC(C)(CO)CCCN(C)C(C)(C)CC. The zero-order valence-electron chi connectivity index (χ0n) is 13.3. The number of hydrogen-bond acceptors (Lipinski definition) is 3. The normalized spacial score (nSPS) is 16.0. The van der Waals surface area contributed by atoms with E-state index in [0.29, 0.717) is 0 Å². The molecule has 0 aliphatic heterocycles. The highest BCUT2D eigenvalue weighted by Gasteiger charge is 2.24. The fraction of sp³-hybridized carbons (Fsp3) is 1.00. The molecule has 0 heterocycles. The average Bonchev–Trinajstić information content (AvgIpc) is 2.36. The Kier molecular flexibility index (Phi) is 8.08. The van der Waals surface area contributed by atoms with Gasteiger partial charge in [0.05, 0.1) is 6.61 Å². The summed E-state index contributed by atoms with van der Waals surface area (Å²) in [7, 11) is 2.19. The van der Waals surface area contributed by atoms with E-state index in [-0.39, 0.29) is 17.7 Å². The molecule has 110 valence electrons. The molecule has 18 heavy (non-hydrogen) atoms. The summed E-state index contributed by atoms with van der Waals surface area (Å²) in [6.07, 6.45) is 4.41. The van der Waals surface area contributed by atoms with Gasteiger partial charge in [0, 0.05) is 11.1 Å². The molecule has 1 atom stereocenters. The molecule has 0 aliphatic carbocycles. The van der Waals surface area contributed by atoms with Crippen molar-refractivity contribution in [2.24, 2.45) is 0 Å². The van der Waals surface area contributed by atoms with E-state index in [1.807, 2.05) is 0 Å². The van der Waals surface area contributed by atoms with E-state index >= 15 is 0 Å². The van der Waals surface area contributed by atoms with Crippen LogP contribution in [0.4, 0.5) is 0 Å². The van der Waals surface area contributed by atoms with Gasteiger partial charge in [-0.15, -0.1) is 0 Å². The van der Waals surface area contributed by atoms with Crippen LogP contribution in [0.5, 0.6) is 0 Å². The zero-order valence-corrected chi connectivity index (χ0v) is 13.3. The second-order valence-electron chi connectivity index (χ2n) is 6.34. The van der Waals surface area contributed by atoms with Crippen LogP contribution in [0.3, 0.4) is 0 Å². The lowest BCUT2D eigenvalue weighted by molar-refractivity contribution is 0.128. The van der Waals surface area contributed by atoms with Gasteiger partial charge in [-0.2, -0.15) is 0 Å². The molecular weight excluding hydrogens is 224 g/mol. The van der Waals surface area contributed by atoms with Gasteiger partial charge in [0.15, 0.2) is 0 Å².